The molecule has 1 amide bonds. The zero-order valence-electron chi connectivity index (χ0n) is 13.0. The molecule has 1 rings (SSSR count). The maximum absolute atomic E-state index is 12.7. The van der Waals surface area contributed by atoms with Crippen molar-refractivity contribution >= 4 is 27.8 Å². The molecule has 0 spiro atoms. The highest BCUT2D eigenvalue weighted by Gasteiger charge is 2.20. The van der Waals surface area contributed by atoms with Crippen LogP contribution in [0.2, 0.25) is 0 Å². The predicted molar refractivity (Wildman–Crippen MR) is 86.3 cm³/mol. The first-order valence-corrected chi connectivity index (χ1v) is 7.77. The number of benzene rings is 1. The second-order valence-corrected chi connectivity index (χ2v) is 6.24. The minimum absolute atomic E-state index is 0.0496. The van der Waals surface area contributed by atoms with E-state index in [0.29, 0.717) is 24.6 Å². The van der Waals surface area contributed by atoms with Crippen LogP contribution in [0.25, 0.3) is 0 Å². The summed E-state index contributed by atoms with van der Waals surface area (Å²) in [5.74, 6) is -0.0204. The Labute approximate surface area is 134 Å². The molecule has 0 aliphatic heterocycles. The van der Waals surface area contributed by atoms with Crippen LogP contribution in [0.4, 0.5) is 0 Å². The number of carbonyl (C=O) groups excluding carboxylic acids is 2. The first-order valence-electron chi connectivity index (χ1n) is 6.98. The van der Waals surface area contributed by atoms with Gasteiger partial charge in [-0.15, -0.1) is 0 Å². The molecular formula is C16H22BrNO3. The Hall–Kier alpha value is -1.36. The van der Waals surface area contributed by atoms with Gasteiger partial charge in [0.25, 0.3) is 5.91 Å². The number of carbonyl (C=O) groups is 2. The molecule has 0 radical (unpaired) electrons. The number of amides is 1. The third kappa shape index (κ3) is 5.16. The molecule has 0 heterocycles. The largest absolute Gasteiger partial charge is 0.469 e. The van der Waals surface area contributed by atoms with E-state index >= 15 is 0 Å². The molecule has 1 aromatic carbocycles. The van der Waals surface area contributed by atoms with Crippen molar-refractivity contribution in [3.63, 3.8) is 0 Å². The van der Waals surface area contributed by atoms with Crippen LogP contribution in [0, 0.1) is 12.8 Å². The molecule has 0 unspecified atom stereocenters. The number of halogens is 1. The number of methoxy groups -OCH3 is 1. The van der Waals surface area contributed by atoms with Crippen LogP contribution in [0.15, 0.2) is 22.7 Å². The highest BCUT2D eigenvalue weighted by atomic mass is 79.9. The van der Waals surface area contributed by atoms with E-state index < -0.39 is 0 Å². The molecule has 0 atom stereocenters. The summed E-state index contributed by atoms with van der Waals surface area (Å²) in [7, 11) is 1.36. The lowest BCUT2D eigenvalue weighted by Gasteiger charge is -2.25. The fraction of sp³-hybridized carbons (Fsp3) is 0.500. The van der Waals surface area contributed by atoms with Gasteiger partial charge < -0.3 is 9.64 Å². The molecule has 0 aliphatic rings. The number of ether oxygens (including phenoxy) is 1. The van der Waals surface area contributed by atoms with E-state index in [0.717, 1.165) is 10.0 Å². The van der Waals surface area contributed by atoms with Gasteiger partial charge in [0, 0.05) is 23.1 Å². The van der Waals surface area contributed by atoms with Crippen LogP contribution in [-0.2, 0) is 9.53 Å². The minimum atomic E-state index is -0.303. The molecule has 0 aliphatic carbocycles. The standard InChI is InChI=1S/C16H22BrNO3/c1-11(2)10-18(9-8-15(19)21-4)16(20)13-6-5-7-14(17)12(13)3/h5-7,11H,8-10H2,1-4H3. The monoisotopic (exact) mass is 355 g/mol. The third-order valence-corrected chi connectivity index (χ3v) is 4.04. The van der Waals surface area contributed by atoms with Gasteiger partial charge in [-0.25, -0.2) is 0 Å². The van der Waals surface area contributed by atoms with Crippen molar-refractivity contribution in [1.29, 1.82) is 0 Å². The zero-order valence-corrected chi connectivity index (χ0v) is 14.6. The summed E-state index contributed by atoms with van der Waals surface area (Å²) < 4.78 is 5.56. The van der Waals surface area contributed by atoms with Crippen LogP contribution in [0.3, 0.4) is 0 Å². The summed E-state index contributed by atoms with van der Waals surface area (Å²) in [5, 5.41) is 0. The molecule has 4 nitrogen and oxygen atoms in total. The third-order valence-electron chi connectivity index (χ3n) is 3.18. The van der Waals surface area contributed by atoms with Gasteiger partial charge in [0.05, 0.1) is 13.5 Å². The molecule has 5 heteroatoms. The van der Waals surface area contributed by atoms with Gasteiger partial charge in [0.1, 0.15) is 0 Å². The molecular weight excluding hydrogens is 334 g/mol. The van der Waals surface area contributed by atoms with Crippen molar-refractivity contribution in [1.82, 2.24) is 4.90 Å². The van der Waals surface area contributed by atoms with Crippen molar-refractivity contribution < 1.29 is 14.3 Å². The summed E-state index contributed by atoms with van der Waals surface area (Å²) in [4.78, 5) is 25.7. The van der Waals surface area contributed by atoms with Crippen LogP contribution in [-0.4, -0.2) is 37.0 Å². The van der Waals surface area contributed by atoms with Gasteiger partial charge in [-0.05, 0) is 30.5 Å². The fourth-order valence-electron chi connectivity index (χ4n) is 2.05. The zero-order chi connectivity index (χ0) is 16.0. The summed E-state index contributed by atoms with van der Waals surface area (Å²) in [6.07, 6.45) is 0.210. The van der Waals surface area contributed by atoms with E-state index in [2.05, 4.69) is 20.7 Å². The lowest BCUT2D eigenvalue weighted by atomic mass is 10.1. The first-order chi connectivity index (χ1) is 9.86. The molecule has 116 valence electrons. The number of hydrogen-bond acceptors (Lipinski definition) is 3. The van der Waals surface area contributed by atoms with E-state index in [1.807, 2.05) is 39.0 Å². The summed E-state index contributed by atoms with van der Waals surface area (Å²) in [5.41, 5.74) is 1.57. The van der Waals surface area contributed by atoms with Crippen molar-refractivity contribution in [3.8, 4) is 0 Å². The van der Waals surface area contributed by atoms with Gasteiger partial charge >= 0.3 is 5.97 Å². The first kappa shape index (κ1) is 17.7. The molecule has 1 aromatic rings. The molecule has 0 saturated carbocycles. The number of nitrogens with zero attached hydrogens (tertiary/aromatic N) is 1. The SMILES string of the molecule is COC(=O)CCN(CC(C)C)C(=O)c1cccc(Br)c1C. The van der Waals surface area contributed by atoms with Gasteiger partial charge in [0.15, 0.2) is 0 Å². The average Bonchev–Trinajstić information content (AvgIpc) is 2.44. The lowest BCUT2D eigenvalue weighted by molar-refractivity contribution is -0.140. The van der Waals surface area contributed by atoms with Gasteiger partial charge in [-0.1, -0.05) is 35.8 Å². The molecule has 0 saturated heterocycles. The summed E-state index contributed by atoms with van der Waals surface area (Å²) in [6.45, 7) is 6.99. The van der Waals surface area contributed by atoms with Crippen molar-refractivity contribution in [2.24, 2.45) is 5.92 Å². The van der Waals surface area contributed by atoms with Crippen LogP contribution in [0.1, 0.15) is 36.2 Å². The average molecular weight is 356 g/mol. The van der Waals surface area contributed by atoms with E-state index in [-0.39, 0.29) is 18.3 Å². The number of rotatable bonds is 6. The van der Waals surface area contributed by atoms with E-state index in [1.165, 1.54) is 7.11 Å². The van der Waals surface area contributed by atoms with Crippen LogP contribution >= 0.6 is 15.9 Å². The Morgan fingerprint density at radius 1 is 1.33 bits per heavy atom. The highest BCUT2D eigenvalue weighted by molar-refractivity contribution is 9.10. The second-order valence-electron chi connectivity index (χ2n) is 5.38. The Bertz CT molecular complexity index is 514. The Morgan fingerprint density at radius 2 is 2.00 bits per heavy atom. The predicted octanol–water partition coefficient (Wildman–Crippen LogP) is 3.42. The quantitative estimate of drug-likeness (QED) is 0.734. The van der Waals surface area contributed by atoms with Crippen LogP contribution < -0.4 is 0 Å². The van der Waals surface area contributed by atoms with Gasteiger partial charge in [-0.2, -0.15) is 0 Å². The summed E-state index contributed by atoms with van der Waals surface area (Å²) >= 11 is 3.44. The summed E-state index contributed by atoms with van der Waals surface area (Å²) in [6, 6.07) is 5.57. The minimum Gasteiger partial charge on any atom is -0.469 e. The maximum atomic E-state index is 12.7. The molecule has 0 fully saturated rings. The highest BCUT2D eigenvalue weighted by Crippen LogP contribution is 2.21. The van der Waals surface area contributed by atoms with Gasteiger partial charge in [-0.3, -0.25) is 9.59 Å². The topological polar surface area (TPSA) is 46.6 Å². The molecule has 0 bridgehead atoms. The van der Waals surface area contributed by atoms with E-state index in [1.54, 1.807) is 4.90 Å². The van der Waals surface area contributed by atoms with Crippen molar-refractivity contribution in [2.75, 3.05) is 20.2 Å². The number of hydrogen-bond donors (Lipinski definition) is 0. The maximum Gasteiger partial charge on any atom is 0.307 e. The van der Waals surface area contributed by atoms with Gasteiger partial charge in [0.2, 0.25) is 0 Å². The Balaban J connectivity index is 2.93. The Morgan fingerprint density at radius 3 is 2.57 bits per heavy atom. The Kier molecular flexibility index (Phi) is 6.89. The smallest absolute Gasteiger partial charge is 0.307 e. The lowest BCUT2D eigenvalue weighted by Crippen LogP contribution is -2.36. The van der Waals surface area contributed by atoms with Crippen molar-refractivity contribution in [2.45, 2.75) is 27.2 Å². The normalized spacial score (nSPS) is 10.6. The second kappa shape index (κ2) is 8.17. The number of esters is 1. The fourth-order valence-corrected chi connectivity index (χ4v) is 2.42. The van der Waals surface area contributed by atoms with E-state index in [9.17, 15) is 9.59 Å². The van der Waals surface area contributed by atoms with E-state index in [4.69, 9.17) is 0 Å². The van der Waals surface area contributed by atoms with Crippen molar-refractivity contribution in [3.05, 3.63) is 33.8 Å². The van der Waals surface area contributed by atoms with Crippen LogP contribution in [0.5, 0.6) is 0 Å². The molecule has 0 N–H and O–H groups in total. The molecule has 0 aromatic heterocycles. The molecule has 21 heavy (non-hydrogen) atoms.